The first-order chi connectivity index (χ1) is 8.31. The van der Waals surface area contributed by atoms with Crippen molar-refractivity contribution in [1.29, 1.82) is 0 Å². The van der Waals surface area contributed by atoms with Crippen molar-refractivity contribution in [2.24, 2.45) is 7.05 Å². The van der Waals surface area contributed by atoms with Gasteiger partial charge in [0.05, 0.1) is 15.9 Å². The van der Waals surface area contributed by atoms with Gasteiger partial charge in [0, 0.05) is 38.3 Å². The summed E-state index contributed by atoms with van der Waals surface area (Å²) in [6, 6.07) is 0.547. The van der Waals surface area contributed by atoms with E-state index in [9.17, 15) is 0 Å². The first-order valence-electron chi connectivity index (χ1n) is 6.47. The third kappa shape index (κ3) is 2.63. The summed E-state index contributed by atoms with van der Waals surface area (Å²) in [6.45, 7) is 11.9. The zero-order valence-corrected chi connectivity index (χ0v) is 13.5. The van der Waals surface area contributed by atoms with Crippen LogP contribution in [0.2, 0.25) is 0 Å². The fourth-order valence-electron chi connectivity index (χ4n) is 2.49. The number of hydrogen-bond donors (Lipinski definition) is 1. The molecule has 102 valence electrons. The van der Waals surface area contributed by atoms with Crippen LogP contribution in [-0.4, -0.2) is 39.4 Å². The van der Waals surface area contributed by atoms with Crippen molar-refractivity contribution in [2.75, 3.05) is 13.1 Å². The third-order valence-corrected chi connectivity index (χ3v) is 4.87. The second-order valence-electron chi connectivity index (χ2n) is 5.94. The highest BCUT2D eigenvalue weighted by Gasteiger charge is 2.33. The Morgan fingerprint density at radius 1 is 1.50 bits per heavy atom. The zero-order chi connectivity index (χ0) is 13.5. The van der Waals surface area contributed by atoms with Crippen LogP contribution in [-0.2, 0) is 13.6 Å². The Morgan fingerprint density at radius 3 is 2.72 bits per heavy atom. The minimum Gasteiger partial charge on any atom is -0.311 e. The number of rotatable bonds is 2. The normalized spacial score (nSPS) is 24.4. The first kappa shape index (κ1) is 14.0. The summed E-state index contributed by atoms with van der Waals surface area (Å²) < 4.78 is 3.13. The maximum Gasteiger partial charge on any atom is 0.0739 e. The van der Waals surface area contributed by atoms with Crippen LogP contribution in [0.15, 0.2) is 4.47 Å². The Kier molecular flexibility index (Phi) is 3.85. The highest BCUT2D eigenvalue weighted by molar-refractivity contribution is 9.10. The molecule has 18 heavy (non-hydrogen) atoms. The van der Waals surface area contributed by atoms with Crippen molar-refractivity contribution < 1.29 is 0 Å². The summed E-state index contributed by atoms with van der Waals surface area (Å²) in [5.74, 6) is 0. The minimum absolute atomic E-state index is 0.185. The second kappa shape index (κ2) is 4.94. The second-order valence-corrected chi connectivity index (χ2v) is 6.74. The van der Waals surface area contributed by atoms with Gasteiger partial charge in [0.2, 0.25) is 0 Å². The monoisotopic (exact) mass is 314 g/mol. The largest absolute Gasteiger partial charge is 0.311 e. The van der Waals surface area contributed by atoms with Gasteiger partial charge in [0.1, 0.15) is 0 Å². The average Bonchev–Trinajstić information content (AvgIpc) is 2.51. The lowest BCUT2D eigenvalue weighted by molar-refractivity contribution is 0.0601. The molecule has 1 aliphatic rings. The standard InChI is InChI=1S/C13H23BrN4/c1-9-6-18(13(3,4)8-15-9)7-11-12(14)10(2)16-17(11)5/h9,15H,6-8H2,1-5H3. The number of aryl methyl sites for hydroxylation is 2. The van der Waals surface area contributed by atoms with Crippen LogP contribution in [0.4, 0.5) is 0 Å². The summed E-state index contributed by atoms with van der Waals surface area (Å²) in [4.78, 5) is 2.54. The van der Waals surface area contributed by atoms with E-state index in [0.717, 1.165) is 29.8 Å². The number of nitrogens with one attached hydrogen (secondary N) is 1. The molecule has 1 aliphatic heterocycles. The Morgan fingerprint density at radius 2 is 2.17 bits per heavy atom. The molecular formula is C13H23BrN4. The number of halogens is 1. The smallest absolute Gasteiger partial charge is 0.0739 e. The molecular weight excluding hydrogens is 292 g/mol. The number of piperazine rings is 1. The molecule has 0 spiro atoms. The summed E-state index contributed by atoms with van der Waals surface area (Å²) >= 11 is 3.65. The lowest BCUT2D eigenvalue weighted by Gasteiger charge is -2.45. The predicted octanol–water partition coefficient (Wildman–Crippen LogP) is 2.06. The van der Waals surface area contributed by atoms with Gasteiger partial charge < -0.3 is 5.32 Å². The zero-order valence-electron chi connectivity index (χ0n) is 11.9. The molecule has 0 saturated carbocycles. The number of aromatic nitrogens is 2. The van der Waals surface area contributed by atoms with E-state index in [1.54, 1.807) is 0 Å². The van der Waals surface area contributed by atoms with Crippen LogP contribution in [0.25, 0.3) is 0 Å². The summed E-state index contributed by atoms with van der Waals surface area (Å²) in [5.41, 5.74) is 2.51. The van der Waals surface area contributed by atoms with Crippen molar-refractivity contribution in [3.05, 3.63) is 15.9 Å². The SMILES string of the molecule is Cc1nn(C)c(CN2CC(C)NCC2(C)C)c1Br. The highest BCUT2D eigenvalue weighted by Crippen LogP contribution is 2.26. The van der Waals surface area contributed by atoms with Gasteiger partial charge in [-0.25, -0.2) is 0 Å². The van der Waals surface area contributed by atoms with Crippen LogP contribution >= 0.6 is 15.9 Å². The van der Waals surface area contributed by atoms with E-state index in [4.69, 9.17) is 0 Å². The maximum absolute atomic E-state index is 4.47. The Balaban J connectivity index is 2.21. The number of nitrogens with zero attached hydrogens (tertiary/aromatic N) is 3. The fraction of sp³-hybridized carbons (Fsp3) is 0.769. The summed E-state index contributed by atoms with van der Waals surface area (Å²) in [5, 5.41) is 8.02. The molecule has 0 bridgehead atoms. The van der Waals surface area contributed by atoms with E-state index >= 15 is 0 Å². The summed E-state index contributed by atoms with van der Waals surface area (Å²) in [6.07, 6.45) is 0. The van der Waals surface area contributed by atoms with Gasteiger partial charge in [-0.2, -0.15) is 5.10 Å². The molecule has 1 unspecified atom stereocenters. The molecule has 1 N–H and O–H groups in total. The average molecular weight is 315 g/mol. The highest BCUT2D eigenvalue weighted by atomic mass is 79.9. The van der Waals surface area contributed by atoms with Crippen molar-refractivity contribution >= 4 is 15.9 Å². The van der Waals surface area contributed by atoms with Crippen LogP contribution in [0, 0.1) is 6.92 Å². The predicted molar refractivity (Wildman–Crippen MR) is 77.6 cm³/mol. The first-order valence-corrected chi connectivity index (χ1v) is 7.27. The molecule has 1 aromatic heterocycles. The lowest BCUT2D eigenvalue weighted by Crippen LogP contribution is -2.60. The molecule has 0 radical (unpaired) electrons. The van der Waals surface area contributed by atoms with Gasteiger partial charge in [-0.1, -0.05) is 0 Å². The van der Waals surface area contributed by atoms with E-state index in [1.807, 2.05) is 18.7 Å². The van der Waals surface area contributed by atoms with Crippen LogP contribution < -0.4 is 5.32 Å². The molecule has 0 amide bonds. The molecule has 0 aromatic carbocycles. The topological polar surface area (TPSA) is 33.1 Å². The molecule has 0 aliphatic carbocycles. The van der Waals surface area contributed by atoms with E-state index in [2.05, 4.69) is 52.0 Å². The third-order valence-electron chi connectivity index (χ3n) is 3.84. The van der Waals surface area contributed by atoms with Crippen LogP contribution in [0.3, 0.4) is 0 Å². The lowest BCUT2D eigenvalue weighted by atomic mass is 9.97. The molecule has 4 nitrogen and oxygen atoms in total. The minimum atomic E-state index is 0.185. The van der Waals surface area contributed by atoms with Crippen molar-refractivity contribution in [1.82, 2.24) is 20.0 Å². The quantitative estimate of drug-likeness (QED) is 0.907. The molecule has 2 heterocycles. The summed E-state index contributed by atoms with van der Waals surface area (Å²) in [7, 11) is 2.02. The fourth-order valence-corrected chi connectivity index (χ4v) is 2.95. The van der Waals surface area contributed by atoms with E-state index in [0.29, 0.717) is 6.04 Å². The van der Waals surface area contributed by atoms with Gasteiger partial charge >= 0.3 is 0 Å². The van der Waals surface area contributed by atoms with Gasteiger partial charge in [-0.05, 0) is 43.6 Å². The van der Waals surface area contributed by atoms with E-state index in [-0.39, 0.29) is 5.54 Å². The number of hydrogen-bond acceptors (Lipinski definition) is 3. The maximum atomic E-state index is 4.47. The van der Waals surface area contributed by atoms with Crippen molar-refractivity contribution in [3.63, 3.8) is 0 Å². The van der Waals surface area contributed by atoms with Gasteiger partial charge in [0.15, 0.2) is 0 Å². The molecule has 1 fully saturated rings. The van der Waals surface area contributed by atoms with Crippen LogP contribution in [0.1, 0.15) is 32.2 Å². The van der Waals surface area contributed by atoms with Gasteiger partial charge in [-0.15, -0.1) is 0 Å². The Bertz CT molecular complexity index is 438. The van der Waals surface area contributed by atoms with Gasteiger partial charge in [0.25, 0.3) is 0 Å². The molecule has 5 heteroatoms. The molecule has 1 saturated heterocycles. The van der Waals surface area contributed by atoms with Gasteiger partial charge in [-0.3, -0.25) is 9.58 Å². The Labute approximate surface area is 118 Å². The van der Waals surface area contributed by atoms with Crippen LogP contribution in [0.5, 0.6) is 0 Å². The molecule has 2 rings (SSSR count). The molecule has 1 aromatic rings. The van der Waals surface area contributed by atoms with Crippen molar-refractivity contribution in [2.45, 2.75) is 45.8 Å². The van der Waals surface area contributed by atoms with Crippen molar-refractivity contribution in [3.8, 4) is 0 Å². The Hall–Kier alpha value is -0.390. The van der Waals surface area contributed by atoms with E-state index in [1.165, 1.54) is 5.69 Å². The van der Waals surface area contributed by atoms with E-state index < -0.39 is 0 Å². The molecule has 1 atom stereocenters.